The summed E-state index contributed by atoms with van der Waals surface area (Å²) < 4.78 is 2.04. The van der Waals surface area contributed by atoms with Crippen LogP contribution in [0, 0.1) is 6.92 Å². The quantitative estimate of drug-likeness (QED) is 0.924. The summed E-state index contributed by atoms with van der Waals surface area (Å²) in [5.74, 6) is 1.59. The van der Waals surface area contributed by atoms with E-state index in [2.05, 4.69) is 17.1 Å². The number of benzene rings is 1. The number of aromatic nitrogens is 3. The molecular weight excluding hydrogens is 248 g/mol. The molecule has 0 aliphatic rings. The molecule has 0 atom stereocenters. The van der Waals surface area contributed by atoms with Crippen LogP contribution in [0.3, 0.4) is 0 Å². The maximum absolute atomic E-state index is 6.28. The highest BCUT2D eigenvalue weighted by Crippen LogP contribution is 2.28. The van der Waals surface area contributed by atoms with Gasteiger partial charge in [-0.2, -0.15) is 0 Å². The lowest BCUT2D eigenvalue weighted by molar-refractivity contribution is 0.644. The van der Waals surface area contributed by atoms with Gasteiger partial charge in [0.15, 0.2) is 5.82 Å². The standard InChI is InChI=1S/C13H17ClN4/c1-3-6-18-12(8-15)16-17-13(18)10-5-4-9(2)7-11(10)14/h4-5,7H,3,6,8,15H2,1-2H3. The van der Waals surface area contributed by atoms with Crippen LogP contribution in [0.1, 0.15) is 24.7 Å². The minimum absolute atomic E-state index is 0.385. The van der Waals surface area contributed by atoms with Crippen LogP contribution in [-0.2, 0) is 13.1 Å². The molecule has 1 aromatic carbocycles. The van der Waals surface area contributed by atoms with Crippen molar-refractivity contribution in [3.63, 3.8) is 0 Å². The van der Waals surface area contributed by atoms with Crippen molar-refractivity contribution in [2.75, 3.05) is 0 Å². The average Bonchev–Trinajstić information content (AvgIpc) is 2.73. The highest BCUT2D eigenvalue weighted by Gasteiger charge is 2.14. The zero-order valence-corrected chi connectivity index (χ0v) is 11.4. The Morgan fingerprint density at radius 3 is 2.72 bits per heavy atom. The molecular formula is C13H17ClN4. The van der Waals surface area contributed by atoms with Crippen LogP contribution in [0.4, 0.5) is 0 Å². The van der Waals surface area contributed by atoms with Gasteiger partial charge in [-0.05, 0) is 31.0 Å². The van der Waals surface area contributed by atoms with Gasteiger partial charge in [0, 0.05) is 12.1 Å². The molecule has 0 aliphatic carbocycles. The second-order valence-corrected chi connectivity index (χ2v) is 4.69. The third-order valence-electron chi connectivity index (χ3n) is 2.82. The normalized spacial score (nSPS) is 10.9. The second kappa shape index (κ2) is 5.50. The summed E-state index contributed by atoms with van der Waals surface area (Å²) in [4.78, 5) is 0. The van der Waals surface area contributed by atoms with Gasteiger partial charge < -0.3 is 10.3 Å². The van der Waals surface area contributed by atoms with Gasteiger partial charge in [0.25, 0.3) is 0 Å². The molecule has 2 N–H and O–H groups in total. The molecule has 0 radical (unpaired) electrons. The number of hydrogen-bond donors (Lipinski definition) is 1. The average molecular weight is 265 g/mol. The SMILES string of the molecule is CCCn1c(CN)nnc1-c1ccc(C)cc1Cl. The summed E-state index contributed by atoms with van der Waals surface area (Å²) in [5.41, 5.74) is 7.71. The number of aryl methyl sites for hydroxylation is 1. The molecule has 96 valence electrons. The summed E-state index contributed by atoms with van der Waals surface area (Å²) in [7, 11) is 0. The molecule has 1 heterocycles. The minimum atomic E-state index is 0.385. The van der Waals surface area contributed by atoms with E-state index >= 15 is 0 Å². The number of nitrogens with zero attached hydrogens (tertiary/aromatic N) is 3. The minimum Gasteiger partial charge on any atom is -0.324 e. The number of rotatable bonds is 4. The topological polar surface area (TPSA) is 56.7 Å². The summed E-state index contributed by atoms with van der Waals surface area (Å²) in [6.45, 7) is 5.36. The Balaban J connectivity index is 2.52. The van der Waals surface area contributed by atoms with E-state index in [9.17, 15) is 0 Å². The van der Waals surface area contributed by atoms with E-state index in [4.69, 9.17) is 17.3 Å². The fourth-order valence-electron chi connectivity index (χ4n) is 1.95. The van der Waals surface area contributed by atoms with Gasteiger partial charge in [0.1, 0.15) is 5.82 Å². The maximum Gasteiger partial charge on any atom is 0.165 e. The van der Waals surface area contributed by atoms with Crippen LogP contribution in [0.5, 0.6) is 0 Å². The predicted octanol–water partition coefficient (Wildman–Crippen LogP) is 2.78. The fourth-order valence-corrected chi connectivity index (χ4v) is 2.27. The molecule has 0 saturated carbocycles. The van der Waals surface area contributed by atoms with Gasteiger partial charge in [-0.25, -0.2) is 0 Å². The van der Waals surface area contributed by atoms with Crippen molar-refractivity contribution in [2.24, 2.45) is 5.73 Å². The van der Waals surface area contributed by atoms with Crippen LogP contribution in [-0.4, -0.2) is 14.8 Å². The van der Waals surface area contributed by atoms with Crippen molar-refractivity contribution in [1.29, 1.82) is 0 Å². The molecule has 1 aromatic heterocycles. The first-order valence-corrected chi connectivity index (χ1v) is 6.43. The lowest BCUT2D eigenvalue weighted by Crippen LogP contribution is -2.09. The van der Waals surface area contributed by atoms with E-state index in [1.54, 1.807) is 0 Å². The zero-order chi connectivity index (χ0) is 13.1. The monoisotopic (exact) mass is 264 g/mol. The highest BCUT2D eigenvalue weighted by atomic mass is 35.5. The van der Waals surface area contributed by atoms with Crippen molar-refractivity contribution in [3.05, 3.63) is 34.6 Å². The van der Waals surface area contributed by atoms with E-state index in [1.807, 2.05) is 29.7 Å². The summed E-state index contributed by atoms with van der Waals surface area (Å²) >= 11 is 6.28. The second-order valence-electron chi connectivity index (χ2n) is 4.28. The van der Waals surface area contributed by atoms with Gasteiger partial charge in [-0.1, -0.05) is 24.6 Å². The Bertz CT molecular complexity index is 548. The lowest BCUT2D eigenvalue weighted by Gasteiger charge is -2.09. The third kappa shape index (κ3) is 2.40. The van der Waals surface area contributed by atoms with Crippen molar-refractivity contribution < 1.29 is 0 Å². The first kappa shape index (κ1) is 13.1. The molecule has 0 aliphatic heterocycles. The molecule has 0 saturated heterocycles. The Morgan fingerprint density at radius 1 is 1.33 bits per heavy atom. The maximum atomic E-state index is 6.28. The Morgan fingerprint density at radius 2 is 2.11 bits per heavy atom. The van der Waals surface area contributed by atoms with Crippen LogP contribution < -0.4 is 5.73 Å². The van der Waals surface area contributed by atoms with Gasteiger partial charge >= 0.3 is 0 Å². The van der Waals surface area contributed by atoms with Crippen molar-refractivity contribution >= 4 is 11.6 Å². The van der Waals surface area contributed by atoms with Crippen molar-refractivity contribution in [3.8, 4) is 11.4 Å². The molecule has 18 heavy (non-hydrogen) atoms. The molecule has 0 spiro atoms. The first-order valence-electron chi connectivity index (χ1n) is 6.06. The van der Waals surface area contributed by atoms with E-state index in [0.29, 0.717) is 11.6 Å². The van der Waals surface area contributed by atoms with Crippen LogP contribution in [0.2, 0.25) is 5.02 Å². The molecule has 0 fully saturated rings. The largest absolute Gasteiger partial charge is 0.324 e. The third-order valence-corrected chi connectivity index (χ3v) is 3.14. The van der Waals surface area contributed by atoms with Gasteiger partial charge in [0.2, 0.25) is 0 Å². The number of hydrogen-bond acceptors (Lipinski definition) is 3. The Kier molecular flexibility index (Phi) is 3.99. The summed E-state index contributed by atoms with van der Waals surface area (Å²) in [5, 5.41) is 9.03. The predicted molar refractivity (Wildman–Crippen MR) is 73.4 cm³/mol. The molecule has 5 heteroatoms. The van der Waals surface area contributed by atoms with Crippen molar-refractivity contribution in [1.82, 2.24) is 14.8 Å². The van der Waals surface area contributed by atoms with E-state index in [-0.39, 0.29) is 0 Å². The molecule has 0 amide bonds. The number of halogens is 1. The smallest absolute Gasteiger partial charge is 0.165 e. The first-order chi connectivity index (χ1) is 8.67. The lowest BCUT2D eigenvalue weighted by atomic mass is 10.1. The van der Waals surface area contributed by atoms with Crippen LogP contribution in [0.15, 0.2) is 18.2 Å². The molecule has 0 unspecified atom stereocenters. The molecule has 0 bridgehead atoms. The highest BCUT2D eigenvalue weighted by molar-refractivity contribution is 6.33. The van der Waals surface area contributed by atoms with E-state index in [0.717, 1.165) is 35.7 Å². The van der Waals surface area contributed by atoms with E-state index in [1.165, 1.54) is 0 Å². The number of nitrogens with two attached hydrogens (primary N) is 1. The van der Waals surface area contributed by atoms with E-state index < -0.39 is 0 Å². The molecule has 2 rings (SSSR count). The van der Waals surface area contributed by atoms with Crippen LogP contribution in [0.25, 0.3) is 11.4 Å². The molecule has 2 aromatic rings. The van der Waals surface area contributed by atoms with Gasteiger partial charge in [0.05, 0.1) is 11.6 Å². The Hall–Kier alpha value is -1.39. The zero-order valence-electron chi connectivity index (χ0n) is 10.7. The summed E-state index contributed by atoms with van der Waals surface area (Å²) in [6, 6.07) is 5.94. The van der Waals surface area contributed by atoms with Crippen molar-refractivity contribution in [2.45, 2.75) is 33.4 Å². The van der Waals surface area contributed by atoms with Gasteiger partial charge in [-0.15, -0.1) is 10.2 Å². The molecule has 4 nitrogen and oxygen atoms in total. The Labute approximate surface area is 112 Å². The van der Waals surface area contributed by atoms with Gasteiger partial charge in [-0.3, -0.25) is 0 Å². The fraction of sp³-hybridized carbons (Fsp3) is 0.385. The van der Waals surface area contributed by atoms with Crippen LogP contribution >= 0.6 is 11.6 Å². The summed E-state index contributed by atoms with van der Waals surface area (Å²) in [6.07, 6.45) is 1.00.